The van der Waals surface area contributed by atoms with Crippen LogP contribution in [0.15, 0.2) is 176 Å². The number of hydrogen-bond donors (Lipinski definition) is 0. The Labute approximate surface area is 718 Å². The van der Waals surface area contributed by atoms with Crippen molar-refractivity contribution in [3.8, 4) is 5.75 Å². The third-order valence-electron chi connectivity index (χ3n) is 17.1. The first kappa shape index (κ1) is 117. The molecule has 1 nitrogen and oxygen atoms in total. The minimum absolute atomic E-state index is 0.0721. The normalized spacial score (nSPS) is 11.7. The maximum Gasteiger partial charge on any atom is 0.458 e. The second-order valence-electron chi connectivity index (χ2n) is 27.7. The molecular formula is C89H76F40O. The van der Waals surface area contributed by atoms with E-state index in [4.69, 9.17) is 4.74 Å². The smallest absolute Gasteiger partial charge is 0.458 e. The molecule has 10 aromatic carbocycles. The van der Waals surface area contributed by atoms with Gasteiger partial charge in [0.25, 0.3) is 0 Å². The lowest BCUT2D eigenvalue weighted by atomic mass is 10.0. The quantitative estimate of drug-likeness (QED) is 0.119. The number of rotatable bonds is 6. The van der Waals surface area contributed by atoms with Crippen LogP contribution in [0.4, 0.5) is 176 Å². The van der Waals surface area contributed by atoms with E-state index in [9.17, 15) is 176 Å². The van der Waals surface area contributed by atoms with Crippen molar-refractivity contribution < 1.29 is 180 Å². The first-order chi connectivity index (χ1) is 58.9. The van der Waals surface area contributed by atoms with E-state index in [2.05, 4.69) is 38.1 Å². The molecule has 0 spiro atoms. The largest absolute Gasteiger partial charge is 0.493 e. The molecule has 0 aliphatic heterocycles. The van der Waals surface area contributed by atoms with E-state index in [0.29, 0.717) is 53.8 Å². The van der Waals surface area contributed by atoms with Gasteiger partial charge in [-0.05, 0) is 203 Å². The van der Waals surface area contributed by atoms with Crippen LogP contribution in [0, 0.1) is 137 Å². The van der Waals surface area contributed by atoms with Crippen LogP contribution in [0.25, 0.3) is 5.83 Å². The van der Waals surface area contributed by atoms with Gasteiger partial charge >= 0.3 is 67.6 Å². The summed E-state index contributed by atoms with van der Waals surface area (Å²) in [5, 5.41) is 0. The third kappa shape index (κ3) is 38.2. The average molecular weight is 1920 g/mol. The maximum atomic E-state index is 12.9. The molecule has 0 aromatic heterocycles. The van der Waals surface area contributed by atoms with Crippen molar-refractivity contribution >= 4 is 5.83 Å². The highest BCUT2D eigenvalue weighted by Crippen LogP contribution is 2.45. The van der Waals surface area contributed by atoms with Gasteiger partial charge in [-0.1, -0.05) is 137 Å². The fourth-order valence-corrected chi connectivity index (χ4v) is 9.67. The van der Waals surface area contributed by atoms with Crippen LogP contribution in [0.5, 0.6) is 5.75 Å². The van der Waals surface area contributed by atoms with Gasteiger partial charge in [-0.3, -0.25) is 0 Å². The Morgan fingerprint density at radius 1 is 0.277 bits per heavy atom. The summed E-state index contributed by atoms with van der Waals surface area (Å²) < 4.78 is 495. The van der Waals surface area contributed by atoms with Crippen LogP contribution < -0.4 is 4.74 Å². The summed E-state index contributed by atoms with van der Waals surface area (Å²) in [7, 11) is 0. The maximum absolute atomic E-state index is 12.9. The molecule has 0 radical (unpaired) electrons. The number of alkyl halides is 29. The molecule has 718 valence electrons. The second-order valence-corrected chi connectivity index (χ2v) is 27.7. The third-order valence-corrected chi connectivity index (χ3v) is 17.1. The zero-order valence-corrected chi connectivity index (χ0v) is 69.8. The van der Waals surface area contributed by atoms with E-state index < -0.39 is 188 Å². The SMILES string of the molecule is CCOc1ccc(C)cc1C(F)(F)F.Cc1c(F)c(F)c(C(F)(F)F)c(F)c1F.Cc1c(F)c(F)c(C(F)=C(F)F)c(F)c1F.Cc1cc(C(F)(F)F)cc(C(F)(F)F)c1.Cc1cc(C(F)(F)F)cc(C)c1C.Cc1ccc(C(F)(F)C(F)(F)F)cc1.Cc1ccc(C(F)(F)F)cc1.Cc1ccc(CCC(F)(F)F)cc1.Cc1cccc(C(F)(F)F)c1.Cc1ccccc1C. The Bertz CT molecular complexity index is 5150. The van der Waals surface area contributed by atoms with Crippen molar-refractivity contribution in [1.29, 1.82) is 0 Å². The molecule has 41 heteroatoms. The van der Waals surface area contributed by atoms with Gasteiger partial charge in [0.05, 0.1) is 45.6 Å². The summed E-state index contributed by atoms with van der Waals surface area (Å²) in [6.07, 6.45) is -45.3. The summed E-state index contributed by atoms with van der Waals surface area (Å²) in [4.78, 5) is 0. The lowest BCUT2D eigenvalue weighted by Gasteiger charge is -2.19. The topological polar surface area (TPSA) is 9.23 Å². The molecule has 0 fully saturated rings. The van der Waals surface area contributed by atoms with E-state index in [0.717, 1.165) is 64.7 Å². The lowest BCUT2D eigenvalue weighted by Crippen LogP contribution is -2.33. The number of benzene rings is 10. The van der Waals surface area contributed by atoms with E-state index >= 15 is 0 Å². The van der Waals surface area contributed by atoms with Crippen LogP contribution >= 0.6 is 0 Å². The summed E-state index contributed by atoms with van der Waals surface area (Å²) in [6.45, 7) is 22.4. The molecule has 0 amide bonds. The highest BCUT2D eigenvalue weighted by atomic mass is 19.5. The van der Waals surface area contributed by atoms with Gasteiger partial charge in [0.1, 0.15) is 11.3 Å². The second kappa shape index (κ2) is 48.2. The zero-order valence-electron chi connectivity index (χ0n) is 69.8. The number of halogens is 40. The standard InChI is InChI=1S/C10H11F3O.2C10H11F3.C9H3F7.C9H6F6.C9H7F5.C8H3F7.2C8H7F3.C8H10/c1-3-14-9-5-4-7(2)6-8(9)10(11,12)13;1-6-4-9(10(11,12)13)5-7(2)8(6)3;1-8-2-4-9(5-3-8)6-7-10(11,12)13;1-2-4(10)6(12)3(7(13)5(2)11)8(14)9(15)16;1-5-2-6(8(10,11)12)4-7(3-5)9(13,14)15;1-6-2-4-7(5-3-6)8(10,11)9(12,13)14;1-2-4(9)6(11)3(8(13,14)15)7(12)5(2)10;1-6-2-4-7(5-3-6)8(9,10)11;1-6-3-2-4-7(5-6)8(9,10)11;1-7-5-3-4-6-8(7)2/h4-6H,3H2,1-2H3;4-5H,1-3H3;2-5H,6-7H2,1H3;1H3;2-4H,1H3;2-5H,1H3;1H3;2*2-5H,1H3;3-6H,1-2H3. The molecular weight excluding hydrogens is 1840 g/mol. The number of hydrogen-bond acceptors (Lipinski definition) is 1. The Kier molecular flexibility index (Phi) is 43.4. The molecule has 0 heterocycles. The molecule has 0 aliphatic rings. The summed E-state index contributed by atoms with van der Waals surface area (Å²) in [5.41, 5.74) is -3.39. The molecule has 0 unspecified atom stereocenters. The van der Waals surface area contributed by atoms with Crippen molar-refractivity contribution in [2.75, 3.05) is 6.61 Å². The van der Waals surface area contributed by atoms with E-state index in [-0.39, 0.29) is 30.4 Å². The first-order valence-electron chi connectivity index (χ1n) is 36.5. The monoisotopic (exact) mass is 1920 g/mol. The van der Waals surface area contributed by atoms with Gasteiger partial charge in [-0.25, -0.2) is 39.5 Å². The Hall–Kier alpha value is -11.1. The van der Waals surface area contributed by atoms with Crippen LogP contribution in [0.2, 0.25) is 0 Å². The van der Waals surface area contributed by atoms with Gasteiger partial charge in [0, 0.05) is 23.1 Å². The van der Waals surface area contributed by atoms with Gasteiger partial charge in [0.2, 0.25) is 5.83 Å². The van der Waals surface area contributed by atoms with Gasteiger partial charge in [-0.15, -0.1) is 0 Å². The fourth-order valence-electron chi connectivity index (χ4n) is 9.67. The van der Waals surface area contributed by atoms with E-state index in [1.807, 2.05) is 26.0 Å². The predicted molar refractivity (Wildman–Crippen MR) is 406 cm³/mol. The Morgan fingerprint density at radius 2 is 0.615 bits per heavy atom. The van der Waals surface area contributed by atoms with Crippen LogP contribution in [0.1, 0.15) is 141 Å². The highest BCUT2D eigenvalue weighted by Gasteiger charge is 2.58. The van der Waals surface area contributed by atoms with Crippen LogP contribution in [-0.2, 0) is 55.6 Å². The summed E-state index contributed by atoms with van der Waals surface area (Å²) >= 11 is 0. The molecule has 0 saturated carbocycles. The first-order valence-corrected chi connectivity index (χ1v) is 36.5. The molecule has 0 atom stereocenters. The molecule has 0 N–H and O–H groups in total. The van der Waals surface area contributed by atoms with Crippen LogP contribution in [-0.4, -0.2) is 19.0 Å². The van der Waals surface area contributed by atoms with Crippen molar-refractivity contribution in [2.24, 2.45) is 0 Å². The summed E-state index contributed by atoms with van der Waals surface area (Å²) in [5.74, 6) is -24.7. The average Bonchev–Trinajstić information content (AvgIpc) is 0.818. The molecule has 10 aromatic rings. The van der Waals surface area contributed by atoms with Crippen molar-refractivity contribution in [3.05, 3.63) is 350 Å². The number of ether oxygens (including phenoxy) is 1. The van der Waals surface area contributed by atoms with Crippen molar-refractivity contribution in [2.45, 2.75) is 171 Å². The predicted octanol–water partition coefficient (Wildman–Crippen LogP) is 34.2. The Morgan fingerprint density at radius 3 is 0.931 bits per heavy atom. The minimum Gasteiger partial charge on any atom is -0.493 e. The lowest BCUT2D eigenvalue weighted by molar-refractivity contribution is -0.289. The van der Waals surface area contributed by atoms with E-state index in [1.54, 1.807) is 72.7 Å². The molecule has 0 aliphatic carbocycles. The molecule has 130 heavy (non-hydrogen) atoms. The minimum atomic E-state index is -5.54. The van der Waals surface area contributed by atoms with E-state index in [1.165, 1.54) is 66.6 Å². The zero-order chi connectivity index (χ0) is 101. The summed E-state index contributed by atoms with van der Waals surface area (Å²) in [6, 6.07) is 37.6. The highest BCUT2D eigenvalue weighted by molar-refractivity contribution is 5.62. The number of aryl methyl sites for hydroxylation is 11. The fraction of sp³-hybridized carbons (Fsp3) is 0.303. The molecule has 0 bridgehead atoms. The Balaban J connectivity index is 0.000000725. The molecule has 10 rings (SSSR count). The van der Waals surface area contributed by atoms with Crippen molar-refractivity contribution in [1.82, 2.24) is 0 Å². The van der Waals surface area contributed by atoms with Crippen molar-refractivity contribution in [3.63, 3.8) is 0 Å². The molecule has 0 saturated heterocycles. The van der Waals surface area contributed by atoms with Gasteiger partial charge in [-0.2, -0.15) is 136 Å². The van der Waals surface area contributed by atoms with Gasteiger partial charge < -0.3 is 4.74 Å². The van der Waals surface area contributed by atoms with Crippen LogP contribution in [0.3, 0.4) is 0 Å². The van der Waals surface area contributed by atoms with Gasteiger partial charge in [0.15, 0.2) is 46.5 Å².